The van der Waals surface area contributed by atoms with Crippen LogP contribution in [0.1, 0.15) is 5.56 Å². The third-order valence-corrected chi connectivity index (χ3v) is 2.21. The zero-order valence-corrected chi connectivity index (χ0v) is 8.84. The molecule has 14 heavy (non-hydrogen) atoms. The number of nitrogens with zero attached hydrogens (tertiary/aromatic N) is 1. The molecule has 0 aliphatic heterocycles. The Morgan fingerprint density at radius 1 is 1.50 bits per heavy atom. The van der Waals surface area contributed by atoms with E-state index in [4.69, 9.17) is 4.74 Å². The minimum atomic E-state index is -3.16. The van der Waals surface area contributed by atoms with E-state index in [1.807, 2.05) is 0 Å². The molecule has 0 fully saturated rings. The van der Waals surface area contributed by atoms with Crippen molar-refractivity contribution in [1.82, 2.24) is 9.71 Å². The van der Waals surface area contributed by atoms with Crippen LogP contribution in [0.3, 0.4) is 0 Å². The van der Waals surface area contributed by atoms with Crippen LogP contribution < -0.4 is 9.46 Å². The first-order valence-electron chi connectivity index (χ1n) is 3.94. The first kappa shape index (κ1) is 10.9. The van der Waals surface area contributed by atoms with Gasteiger partial charge in [-0.05, 0) is 11.6 Å². The minimum absolute atomic E-state index is 0.225. The van der Waals surface area contributed by atoms with E-state index in [1.54, 1.807) is 18.5 Å². The molecular formula is C8H12N2O3S. The largest absolute Gasteiger partial charge is 0.495 e. The third-order valence-electron chi connectivity index (χ3n) is 1.54. The average Bonchev–Trinajstić information content (AvgIpc) is 2.14. The Balaban J connectivity index is 2.68. The quantitative estimate of drug-likeness (QED) is 0.777. The second kappa shape index (κ2) is 4.39. The van der Waals surface area contributed by atoms with E-state index in [2.05, 4.69) is 9.71 Å². The van der Waals surface area contributed by atoms with Crippen molar-refractivity contribution in [3.05, 3.63) is 24.0 Å². The van der Waals surface area contributed by atoms with Crippen LogP contribution in [0.25, 0.3) is 0 Å². The lowest BCUT2D eigenvalue weighted by atomic mass is 10.3. The number of aromatic nitrogens is 1. The molecule has 0 radical (unpaired) electrons. The maximum Gasteiger partial charge on any atom is 0.209 e. The first-order valence-corrected chi connectivity index (χ1v) is 5.83. The lowest BCUT2D eigenvalue weighted by molar-refractivity contribution is 0.412. The van der Waals surface area contributed by atoms with Gasteiger partial charge in [-0.1, -0.05) is 0 Å². The maximum atomic E-state index is 10.8. The van der Waals surface area contributed by atoms with Gasteiger partial charge in [0.25, 0.3) is 0 Å². The summed E-state index contributed by atoms with van der Waals surface area (Å²) in [5.41, 5.74) is 0.759. The van der Waals surface area contributed by atoms with E-state index in [1.165, 1.54) is 7.11 Å². The van der Waals surface area contributed by atoms with Gasteiger partial charge < -0.3 is 4.74 Å². The van der Waals surface area contributed by atoms with E-state index >= 15 is 0 Å². The zero-order valence-electron chi connectivity index (χ0n) is 8.02. The van der Waals surface area contributed by atoms with Crippen LogP contribution >= 0.6 is 0 Å². The van der Waals surface area contributed by atoms with Gasteiger partial charge in [-0.25, -0.2) is 13.1 Å². The summed E-state index contributed by atoms with van der Waals surface area (Å²) in [6.07, 6.45) is 4.26. The van der Waals surface area contributed by atoms with E-state index in [9.17, 15) is 8.42 Å². The second-order valence-corrected chi connectivity index (χ2v) is 4.66. The normalized spacial score (nSPS) is 11.3. The Kier molecular flexibility index (Phi) is 3.43. The van der Waals surface area contributed by atoms with Crippen LogP contribution in [0.15, 0.2) is 18.5 Å². The molecule has 0 aromatic carbocycles. The third kappa shape index (κ3) is 3.71. The topological polar surface area (TPSA) is 68.3 Å². The molecule has 0 atom stereocenters. The average molecular weight is 216 g/mol. The van der Waals surface area contributed by atoms with Crippen LogP contribution in [0.5, 0.6) is 5.75 Å². The molecule has 1 aromatic rings. The maximum absolute atomic E-state index is 10.8. The van der Waals surface area contributed by atoms with Gasteiger partial charge in [0.05, 0.1) is 19.6 Å². The SMILES string of the molecule is COc1cncc(CNS(C)(=O)=O)c1. The van der Waals surface area contributed by atoms with Crippen molar-refractivity contribution in [2.45, 2.75) is 6.54 Å². The Morgan fingerprint density at radius 3 is 2.79 bits per heavy atom. The molecule has 0 saturated carbocycles. The van der Waals surface area contributed by atoms with Gasteiger partial charge in [0.1, 0.15) is 5.75 Å². The lowest BCUT2D eigenvalue weighted by Crippen LogP contribution is -2.21. The van der Waals surface area contributed by atoms with E-state index in [0.717, 1.165) is 11.8 Å². The Bertz CT molecular complexity index is 403. The lowest BCUT2D eigenvalue weighted by Gasteiger charge is -2.03. The molecule has 1 N–H and O–H groups in total. The summed E-state index contributed by atoms with van der Waals surface area (Å²) in [7, 11) is -1.63. The number of sulfonamides is 1. The molecule has 1 heterocycles. The number of rotatable bonds is 4. The number of hydrogen-bond donors (Lipinski definition) is 1. The molecular weight excluding hydrogens is 204 g/mol. The molecule has 0 aliphatic carbocycles. The van der Waals surface area contributed by atoms with E-state index in [0.29, 0.717) is 5.75 Å². The van der Waals surface area contributed by atoms with Crippen LogP contribution in [-0.2, 0) is 16.6 Å². The molecule has 0 aliphatic rings. The summed E-state index contributed by atoms with van der Waals surface area (Å²) in [6.45, 7) is 0.225. The van der Waals surface area contributed by atoms with Crippen molar-refractivity contribution in [2.24, 2.45) is 0 Å². The summed E-state index contributed by atoms with van der Waals surface area (Å²) in [5.74, 6) is 0.609. The van der Waals surface area contributed by atoms with Crippen molar-refractivity contribution < 1.29 is 13.2 Å². The van der Waals surface area contributed by atoms with Gasteiger partial charge >= 0.3 is 0 Å². The first-order chi connectivity index (χ1) is 6.51. The van der Waals surface area contributed by atoms with E-state index < -0.39 is 10.0 Å². The Morgan fingerprint density at radius 2 is 2.21 bits per heavy atom. The molecule has 6 heteroatoms. The van der Waals surface area contributed by atoms with Crippen molar-refractivity contribution in [1.29, 1.82) is 0 Å². The van der Waals surface area contributed by atoms with Gasteiger partial charge in [-0.15, -0.1) is 0 Å². The fourth-order valence-electron chi connectivity index (χ4n) is 0.886. The molecule has 0 unspecified atom stereocenters. The second-order valence-electron chi connectivity index (χ2n) is 2.83. The predicted octanol–water partition coefficient (Wildman–Crippen LogP) is 0.139. The summed E-state index contributed by atoms with van der Waals surface area (Å²) in [5, 5.41) is 0. The molecule has 0 saturated heterocycles. The Hall–Kier alpha value is -1.14. The standard InChI is InChI=1S/C8H12N2O3S/c1-13-8-3-7(4-9-6-8)5-10-14(2,11)12/h3-4,6,10H,5H2,1-2H3. The summed E-state index contributed by atoms with van der Waals surface area (Å²) >= 11 is 0. The van der Waals surface area contributed by atoms with Gasteiger partial charge in [0.15, 0.2) is 0 Å². The highest BCUT2D eigenvalue weighted by atomic mass is 32.2. The number of nitrogens with one attached hydrogen (secondary N) is 1. The zero-order chi connectivity index (χ0) is 10.6. The van der Waals surface area contributed by atoms with Gasteiger partial charge in [-0.2, -0.15) is 0 Å². The highest BCUT2D eigenvalue weighted by molar-refractivity contribution is 7.88. The molecule has 5 nitrogen and oxygen atoms in total. The number of methoxy groups -OCH3 is 1. The van der Waals surface area contributed by atoms with Gasteiger partial charge in [0.2, 0.25) is 10.0 Å². The predicted molar refractivity (Wildman–Crippen MR) is 52.5 cm³/mol. The summed E-state index contributed by atoms with van der Waals surface area (Å²) in [4.78, 5) is 3.90. The fraction of sp³-hybridized carbons (Fsp3) is 0.375. The molecule has 0 bridgehead atoms. The number of pyridine rings is 1. The Labute approximate surface area is 83.2 Å². The molecule has 1 aromatic heterocycles. The van der Waals surface area contributed by atoms with Crippen LogP contribution in [0.2, 0.25) is 0 Å². The minimum Gasteiger partial charge on any atom is -0.495 e. The molecule has 0 spiro atoms. The summed E-state index contributed by atoms with van der Waals surface area (Å²) in [6, 6.07) is 1.73. The van der Waals surface area contributed by atoms with Crippen molar-refractivity contribution >= 4 is 10.0 Å². The van der Waals surface area contributed by atoms with Crippen LogP contribution in [-0.4, -0.2) is 26.8 Å². The number of ether oxygens (including phenoxy) is 1. The van der Waals surface area contributed by atoms with Crippen LogP contribution in [0, 0.1) is 0 Å². The fourth-order valence-corrected chi connectivity index (χ4v) is 1.32. The van der Waals surface area contributed by atoms with Crippen molar-refractivity contribution in [3.8, 4) is 5.75 Å². The van der Waals surface area contributed by atoms with Crippen molar-refractivity contribution in [3.63, 3.8) is 0 Å². The smallest absolute Gasteiger partial charge is 0.209 e. The molecule has 1 rings (SSSR count). The molecule has 78 valence electrons. The monoisotopic (exact) mass is 216 g/mol. The highest BCUT2D eigenvalue weighted by Gasteiger charge is 2.01. The van der Waals surface area contributed by atoms with Gasteiger partial charge in [0, 0.05) is 12.7 Å². The van der Waals surface area contributed by atoms with Crippen LogP contribution in [0.4, 0.5) is 0 Å². The number of hydrogen-bond acceptors (Lipinski definition) is 4. The highest BCUT2D eigenvalue weighted by Crippen LogP contribution is 2.09. The van der Waals surface area contributed by atoms with Crippen molar-refractivity contribution in [2.75, 3.05) is 13.4 Å². The van der Waals surface area contributed by atoms with E-state index in [-0.39, 0.29) is 6.54 Å². The molecule has 0 amide bonds. The van der Waals surface area contributed by atoms with Gasteiger partial charge in [-0.3, -0.25) is 4.98 Å². The summed E-state index contributed by atoms with van der Waals surface area (Å²) < 4.78 is 28.9.